The Morgan fingerprint density at radius 1 is 1.00 bits per heavy atom. The van der Waals surface area contributed by atoms with E-state index in [4.69, 9.17) is 18.6 Å². The molecule has 0 N–H and O–H groups in total. The van der Waals surface area contributed by atoms with E-state index in [0.717, 1.165) is 11.1 Å². The molecular weight excluding hydrogens is 332 g/mol. The molecule has 5 heteroatoms. The van der Waals surface area contributed by atoms with E-state index in [1.54, 1.807) is 26.4 Å². The minimum absolute atomic E-state index is 0.176. The van der Waals surface area contributed by atoms with E-state index in [9.17, 15) is 4.79 Å². The predicted molar refractivity (Wildman–Crippen MR) is 102 cm³/mol. The summed E-state index contributed by atoms with van der Waals surface area (Å²) in [5, 5.41) is 0.523. The Balaban J connectivity index is 2.34. The maximum absolute atomic E-state index is 13.1. The molecule has 3 rings (SSSR count). The third-order valence-electron chi connectivity index (χ3n) is 4.21. The monoisotopic (exact) mass is 354 g/mol. The van der Waals surface area contributed by atoms with Gasteiger partial charge in [0.2, 0.25) is 11.2 Å². The Bertz CT molecular complexity index is 1020. The number of aryl methyl sites for hydroxylation is 2. The van der Waals surface area contributed by atoms with Crippen molar-refractivity contribution in [3.63, 3.8) is 0 Å². The van der Waals surface area contributed by atoms with Gasteiger partial charge in [-0.15, -0.1) is 0 Å². The van der Waals surface area contributed by atoms with Gasteiger partial charge in [-0.1, -0.05) is 6.07 Å². The number of benzene rings is 2. The Kier molecular flexibility index (Phi) is 4.89. The molecule has 1 heterocycles. The normalized spacial score (nSPS) is 10.8. The third-order valence-corrected chi connectivity index (χ3v) is 4.21. The van der Waals surface area contributed by atoms with E-state index in [-0.39, 0.29) is 11.2 Å². The van der Waals surface area contributed by atoms with Crippen LogP contribution < -0.4 is 19.6 Å². The highest BCUT2D eigenvalue weighted by molar-refractivity contribution is 5.85. The zero-order valence-corrected chi connectivity index (χ0v) is 15.6. The van der Waals surface area contributed by atoms with Crippen molar-refractivity contribution in [3.8, 4) is 28.6 Å². The Hall–Kier alpha value is -2.95. The van der Waals surface area contributed by atoms with E-state index in [2.05, 4.69) is 0 Å². The van der Waals surface area contributed by atoms with Crippen molar-refractivity contribution in [2.75, 3.05) is 20.8 Å². The van der Waals surface area contributed by atoms with Gasteiger partial charge in [-0.2, -0.15) is 0 Å². The quantitative estimate of drug-likeness (QED) is 0.675. The van der Waals surface area contributed by atoms with Crippen LogP contribution in [-0.4, -0.2) is 20.8 Å². The molecule has 136 valence electrons. The first-order valence-electron chi connectivity index (χ1n) is 8.43. The molecule has 2 aromatic carbocycles. The van der Waals surface area contributed by atoms with Gasteiger partial charge in [0.15, 0.2) is 17.3 Å². The van der Waals surface area contributed by atoms with Gasteiger partial charge >= 0.3 is 0 Å². The topological polar surface area (TPSA) is 57.9 Å². The molecule has 0 aliphatic heterocycles. The molecule has 0 aliphatic carbocycles. The summed E-state index contributed by atoms with van der Waals surface area (Å²) in [4.78, 5) is 13.1. The van der Waals surface area contributed by atoms with Gasteiger partial charge in [0.05, 0.1) is 26.2 Å². The van der Waals surface area contributed by atoms with Crippen LogP contribution in [-0.2, 0) is 0 Å². The number of rotatable bonds is 5. The molecule has 0 aliphatic rings. The highest BCUT2D eigenvalue weighted by Crippen LogP contribution is 2.37. The first-order chi connectivity index (χ1) is 12.5. The zero-order chi connectivity index (χ0) is 18.8. The van der Waals surface area contributed by atoms with Gasteiger partial charge in [-0.25, -0.2) is 0 Å². The van der Waals surface area contributed by atoms with Crippen molar-refractivity contribution < 1.29 is 18.6 Å². The van der Waals surface area contributed by atoms with Crippen molar-refractivity contribution in [2.45, 2.75) is 20.8 Å². The number of ether oxygens (including phenoxy) is 3. The van der Waals surface area contributed by atoms with Crippen LogP contribution in [0.4, 0.5) is 0 Å². The third kappa shape index (κ3) is 3.01. The molecule has 0 unspecified atom stereocenters. The maximum atomic E-state index is 13.1. The zero-order valence-electron chi connectivity index (χ0n) is 15.6. The predicted octanol–water partition coefficient (Wildman–Crippen LogP) is 4.49. The van der Waals surface area contributed by atoms with Crippen LogP contribution in [0.5, 0.6) is 17.2 Å². The Morgan fingerprint density at radius 3 is 2.38 bits per heavy atom. The number of fused-ring (bicyclic) bond motifs is 1. The standard InChI is InChI=1S/C21H22O5/c1-6-25-21-18(22)15-10-12(2)9-13(3)19(15)26-20(21)14-7-8-16(23-4)17(11-14)24-5/h7-11H,6H2,1-5H3. The molecule has 0 bridgehead atoms. The van der Waals surface area contributed by atoms with Crippen LogP contribution in [0.25, 0.3) is 22.3 Å². The Labute approximate surface area is 152 Å². The minimum atomic E-state index is -0.176. The summed E-state index contributed by atoms with van der Waals surface area (Å²) in [5.41, 5.74) is 2.98. The average molecular weight is 354 g/mol. The molecule has 5 nitrogen and oxygen atoms in total. The summed E-state index contributed by atoms with van der Waals surface area (Å²) in [6.45, 7) is 6.08. The summed E-state index contributed by atoms with van der Waals surface area (Å²) in [5.74, 6) is 1.74. The second kappa shape index (κ2) is 7.12. The lowest BCUT2D eigenvalue weighted by atomic mass is 10.0. The second-order valence-corrected chi connectivity index (χ2v) is 6.05. The van der Waals surface area contributed by atoms with Crippen molar-refractivity contribution in [1.29, 1.82) is 0 Å². The van der Waals surface area contributed by atoms with E-state index >= 15 is 0 Å². The van der Waals surface area contributed by atoms with Crippen LogP contribution in [0.15, 0.2) is 39.5 Å². The summed E-state index contributed by atoms with van der Waals surface area (Å²) in [6.07, 6.45) is 0. The van der Waals surface area contributed by atoms with Crippen LogP contribution in [0, 0.1) is 13.8 Å². The summed E-state index contributed by atoms with van der Waals surface area (Å²) < 4.78 is 22.5. The molecular formula is C21H22O5. The molecule has 3 aromatic rings. The van der Waals surface area contributed by atoms with Gasteiger partial charge in [0, 0.05) is 5.56 Å². The smallest absolute Gasteiger partial charge is 0.235 e. The highest BCUT2D eigenvalue weighted by atomic mass is 16.5. The van der Waals surface area contributed by atoms with Gasteiger partial charge < -0.3 is 18.6 Å². The van der Waals surface area contributed by atoms with E-state index in [1.807, 2.05) is 39.0 Å². The summed E-state index contributed by atoms with van der Waals surface area (Å²) in [7, 11) is 3.14. The molecule has 0 amide bonds. The SMILES string of the molecule is CCOc1c(-c2ccc(OC)c(OC)c2)oc2c(C)cc(C)cc2c1=O. The number of hydrogen-bond acceptors (Lipinski definition) is 5. The molecule has 0 atom stereocenters. The van der Waals surface area contributed by atoms with E-state index in [1.165, 1.54) is 0 Å². The fraction of sp³-hybridized carbons (Fsp3) is 0.286. The summed E-state index contributed by atoms with van der Waals surface area (Å²) >= 11 is 0. The highest BCUT2D eigenvalue weighted by Gasteiger charge is 2.20. The number of hydrogen-bond donors (Lipinski definition) is 0. The Morgan fingerprint density at radius 2 is 1.73 bits per heavy atom. The molecule has 0 saturated heterocycles. The lowest BCUT2D eigenvalue weighted by molar-refractivity contribution is 0.330. The molecule has 0 saturated carbocycles. The van der Waals surface area contributed by atoms with Gasteiger partial charge in [-0.05, 0) is 56.2 Å². The lowest BCUT2D eigenvalue weighted by Crippen LogP contribution is -2.10. The fourth-order valence-corrected chi connectivity index (χ4v) is 3.08. The molecule has 0 spiro atoms. The molecule has 26 heavy (non-hydrogen) atoms. The van der Waals surface area contributed by atoms with Crippen molar-refractivity contribution in [1.82, 2.24) is 0 Å². The molecule has 0 fully saturated rings. The summed E-state index contributed by atoms with van der Waals surface area (Å²) in [6, 6.07) is 9.18. The van der Waals surface area contributed by atoms with E-state index in [0.29, 0.717) is 40.4 Å². The fourth-order valence-electron chi connectivity index (χ4n) is 3.08. The first-order valence-corrected chi connectivity index (χ1v) is 8.43. The van der Waals surface area contributed by atoms with Crippen molar-refractivity contribution >= 4 is 11.0 Å². The van der Waals surface area contributed by atoms with Crippen LogP contribution in [0.3, 0.4) is 0 Å². The van der Waals surface area contributed by atoms with E-state index < -0.39 is 0 Å². The number of methoxy groups -OCH3 is 2. The van der Waals surface area contributed by atoms with Crippen LogP contribution >= 0.6 is 0 Å². The molecule has 1 aromatic heterocycles. The minimum Gasteiger partial charge on any atom is -0.493 e. The first kappa shape index (κ1) is 17.9. The largest absolute Gasteiger partial charge is 0.493 e. The maximum Gasteiger partial charge on any atom is 0.235 e. The van der Waals surface area contributed by atoms with Gasteiger partial charge in [0.1, 0.15) is 5.58 Å². The van der Waals surface area contributed by atoms with Crippen molar-refractivity contribution in [3.05, 3.63) is 51.7 Å². The van der Waals surface area contributed by atoms with Crippen LogP contribution in [0.2, 0.25) is 0 Å². The lowest BCUT2D eigenvalue weighted by Gasteiger charge is -2.14. The van der Waals surface area contributed by atoms with Gasteiger partial charge in [-0.3, -0.25) is 4.79 Å². The average Bonchev–Trinajstić information content (AvgIpc) is 2.64. The van der Waals surface area contributed by atoms with Crippen LogP contribution in [0.1, 0.15) is 18.1 Å². The molecule has 0 radical (unpaired) electrons. The van der Waals surface area contributed by atoms with Crippen molar-refractivity contribution in [2.24, 2.45) is 0 Å². The van der Waals surface area contributed by atoms with Gasteiger partial charge in [0.25, 0.3) is 0 Å². The second-order valence-electron chi connectivity index (χ2n) is 6.05.